The Balaban J connectivity index is 2.79. The minimum Gasteiger partial charge on any atom is -0.494 e. The van der Waals surface area contributed by atoms with Gasteiger partial charge in [-0.1, -0.05) is 32.9 Å². The molecule has 0 radical (unpaired) electrons. The largest absolute Gasteiger partial charge is 0.494 e. The van der Waals surface area contributed by atoms with Crippen LogP contribution in [0.5, 0.6) is 5.75 Å². The molecule has 0 aliphatic heterocycles. The lowest BCUT2D eigenvalue weighted by Gasteiger charge is -2.35. The molecular weight excluding hydrogens is 248 g/mol. The lowest BCUT2D eigenvalue weighted by molar-refractivity contribution is 0.152. The number of ether oxygens (including phenoxy) is 1. The van der Waals surface area contributed by atoms with Gasteiger partial charge in [0.1, 0.15) is 5.75 Å². The van der Waals surface area contributed by atoms with Gasteiger partial charge in [-0.2, -0.15) is 0 Å². The van der Waals surface area contributed by atoms with Gasteiger partial charge >= 0.3 is 0 Å². The normalized spacial score (nSPS) is 14.6. The zero-order valence-electron chi connectivity index (χ0n) is 13.6. The van der Waals surface area contributed by atoms with Crippen molar-refractivity contribution < 1.29 is 4.74 Å². The van der Waals surface area contributed by atoms with Crippen molar-refractivity contribution in [2.75, 3.05) is 20.2 Å². The van der Waals surface area contributed by atoms with Crippen LogP contribution in [0.1, 0.15) is 45.7 Å². The molecule has 2 unspecified atom stereocenters. The molecule has 3 heteroatoms. The summed E-state index contributed by atoms with van der Waals surface area (Å²) in [6.07, 6.45) is 1.03. The minimum absolute atomic E-state index is 0.257. The van der Waals surface area contributed by atoms with Gasteiger partial charge in [-0.05, 0) is 44.0 Å². The molecule has 0 bridgehead atoms. The van der Waals surface area contributed by atoms with Crippen molar-refractivity contribution in [3.8, 4) is 5.75 Å². The van der Waals surface area contributed by atoms with Crippen LogP contribution in [-0.2, 0) is 0 Å². The van der Waals surface area contributed by atoms with E-state index in [1.54, 1.807) is 0 Å². The first-order valence-corrected chi connectivity index (χ1v) is 7.66. The Hall–Kier alpha value is -1.06. The van der Waals surface area contributed by atoms with Crippen molar-refractivity contribution >= 4 is 0 Å². The van der Waals surface area contributed by atoms with Gasteiger partial charge < -0.3 is 10.5 Å². The van der Waals surface area contributed by atoms with Crippen LogP contribution in [0.2, 0.25) is 0 Å². The molecule has 1 rings (SSSR count). The Morgan fingerprint density at radius 2 is 1.75 bits per heavy atom. The zero-order chi connectivity index (χ0) is 15.1. The Morgan fingerprint density at radius 1 is 1.15 bits per heavy atom. The molecule has 0 heterocycles. The molecule has 2 atom stereocenters. The molecule has 0 saturated carbocycles. The molecule has 2 N–H and O–H groups in total. The molecule has 3 nitrogen and oxygen atoms in total. The number of hydrogen-bond acceptors (Lipinski definition) is 3. The molecule has 114 valence electrons. The molecule has 0 aliphatic rings. The zero-order valence-corrected chi connectivity index (χ0v) is 13.6. The van der Waals surface area contributed by atoms with Crippen molar-refractivity contribution in [1.82, 2.24) is 4.90 Å². The van der Waals surface area contributed by atoms with Crippen molar-refractivity contribution in [3.05, 3.63) is 29.8 Å². The van der Waals surface area contributed by atoms with Crippen LogP contribution in [-0.4, -0.2) is 31.1 Å². The number of nitrogens with zero attached hydrogens (tertiary/aromatic N) is 1. The molecule has 1 aromatic rings. The summed E-state index contributed by atoms with van der Waals surface area (Å²) in [7, 11) is 2.16. The van der Waals surface area contributed by atoms with Crippen molar-refractivity contribution in [2.24, 2.45) is 11.7 Å². The summed E-state index contributed by atoms with van der Waals surface area (Å²) in [6, 6.07) is 9.11. The molecule has 0 spiro atoms. The van der Waals surface area contributed by atoms with E-state index in [9.17, 15) is 0 Å². The number of likely N-dealkylation sites (N-methyl/N-ethyl adjacent to an activating group) is 1. The first-order valence-electron chi connectivity index (χ1n) is 7.66. The third-order valence-electron chi connectivity index (χ3n) is 4.06. The number of hydrogen-bond donors (Lipinski definition) is 1. The Bertz CT molecular complexity index is 375. The number of rotatable bonds is 8. The third-order valence-corrected chi connectivity index (χ3v) is 4.06. The highest BCUT2D eigenvalue weighted by molar-refractivity contribution is 5.29. The lowest BCUT2D eigenvalue weighted by Crippen LogP contribution is -2.39. The summed E-state index contributed by atoms with van der Waals surface area (Å²) in [6.45, 7) is 10.3. The summed E-state index contributed by atoms with van der Waals surface area (Å²) in [5, 5.41) is 0. The van der Waals surface area contributed by atoms with Crippen LogP contribution >= 0.6 is 0 Å². The first kappa shape index (κ1) is 17.0. The standard InChI is InChI=1S/C17H30N2O/c1-6-11-20-16-9-7-15(8-10-16)17(12-18)19(5)14(4)13(2)3/h7-10,13-14,17H,6,11-12,18H2,1-5H3. The molecule has 0 aliphatic carbocycles. The second-order valence-corrected chi connectivity index (χ2v) is 5.82. The van der Waals surface area contributed by atoms with E-state index in [0.717, 1.165) is 18.8 Å². The molecule has 1 aromatic carbocycles. The topological polar surface area (TPSA) is 38.5 Å². The fourth-order valence-electron chi connectivity index (χ4n) is 2.30. The van der Waals surface area contributed by atoms with Crippen LogP contribution in [0.4, 0.5) is 0 Å². The molecule has 20 heavy (non-hydrogen) atoms. The van der Waals surface area contributed by atoms with E-state index >= 15 is 0 Å². The molecule has 0 fully saturated rings. The molecule has 0 saturated heterocycles. The first-order chi connectivity index (χ1) is 9.51. The van der Waals surface area contributed by atoms with Gasteiger partial charge in [0.25, 0.3) is 0 Å². The minimum atomic E-state index is 0.257. The quantitative estimate of drug-likeness (QED) is 0.791. The van der Waals surface area contributed by atoms with Crippen LogP contribution < -0.4 is 10.5 Å². The van der Waals surface area contributed by atoms with Gasteiger partial charge in [-0.3, -0.25) is 4.90 Å². The van der Waals surface area contributed by atoms with E-state index < -0.39 is 0 Å². The predicted molar refractivity (Wildman–Crippen MR) is 86.1 cm³/mol. The van der Waals surface area contributed by atoms with Crippen LogP contribution in [0.15, 0.2) is 24.3 Å². The van der Waals surface area contributed by atoms with E-state index in [4.69, 9.17) is 10.5 Å². The smallest absolute Gasteiger partial charge is 0.119 e. The monoisotopic (exact) mass is 278 g/mol. The molecular formula is C17H30N2O. The maximum absolute atomic E-state index is 5.99. The van der Waals surface area contributed by atoms with Gasteiger partial charge in [-0.15, -0.1) is 0 Å². The van der Waals surface area contributed by atoms with Crippen LogP contribution in [0, 0.1) is 5.92 Å². The Labute approximate surface area is 124 Å². The number of benzene rings is 1. The van der Waals surface area contributed by atoms with E-state index in [2.05, 4.69) is 51.8 Å². The van der Waals surface area contributed by atoms with Gasteiger partial charge in [0.15, 0.2) is 0 Å². The second-order valence-electron chi connectivity index (χ2n) is 5.82. The average Bonchev–Trinajstić information content (AvgIpc) is 2.46. The van der Waals surface area contributed by atoms with Crippen molar-refractivity contribution in [3.63, 3.8) is 0 Å². The SMILES string of the molecule is CCCOc1ccc(C(CN)N(C)C(C)C(C)C)cc1. The average molecular weight is 278 g/mol. The molecule has 0 amide bonds. The van der Waals surface area contributed by atoms with Gasteiger partial charge in [0.2, 0.25) is 0 Å². The van der Waals surface area contributed by atoms with E-state index in [1.165, 1.54) is 5.56 Å². The summed E-state index contributed by atoms with van der Waals surface area (Å²) < 4.78 is 5.62. The summed E-state index contributed by atoms with van der Waals surface area (Å²) >= 11 is 0. The number of nitrogens with two attached hydrogens (primary N) is 1. The van der Waals surface area contributed by atoms with Gasteiger partial charge in [0.05, 0.1) is 6.61 Å². The maximum Gasteiger partial charge on any atom is 0.119 e. The highest BCUT2D eigenvalue weighted by Crippen LogP contribution is 2.25. The Kier molecular flexibility index (Phi) is 7.03. The Morgan fingerprint density at radius 3 is 2.20 bits per heavy atom. The van der Waals surface area contributed by atoms with Crippen molar-refractivity contribution in [2.45, 2.75) is 46.2 Å². The fraction of sp³-hybridized carbons (Fsp3) is 0.647. The third kappa shape index (κ3) is 4.50. The van der Waals surface area contributed by atoms with Crippen LogP contribution in [0.25, 0.3) is 0 Å². The van der Waals surface area contributed by atoms with Gasteiger partial charge in [-0.25, -0.2) is 0 Å². The predicted octanol–water partition coefficient (Wildman–Crippen LogP) is 3.45. The van der Waals surface area contributed by atoms with Crippen molar-refractivity contribution in [1.29, 1.82) is 0 Å². The second kappa shape index (κ2) is 8.28. The summed E-state index contributed by atoms with van der Waals surface area (Å²) in [4.78, 5) is 2.37. The fourth-order valence-corrected chi connectivity index (χ4v) is 2.30. The van der Waals surface area contributed by atoms with E-state index in [-0.39, 0.29) is 6.04 Å². The van der Waals surface area contributed by atoms with Gasteiger partial charge in [0, 0.05) is 18.6 Å². The highest BCUT2D eigenvalue weighted by atomic mass is 16.5. The summed E-state index contributed by atoms with van der Waals surface area (Å²) in [5.74, 6) is 1.55. The maximum atomic E-state index is 5.99. The highest BCUT2D eigenvalue weighted by Gasteiger charge is 2.22. The molecule has 0 aromatic heterocycles. The summed E-state index contributed by atoms with van der Waals surface area (Å²) in [5.41, 5.74) is 7.24. The van der Waals surface area contributed by atoms with E-state index in [0.29, 0.717) is 18.5 Å². The van der Waals surface area contributed by atoms with Crippen LogP contribution in [0.3, 0.4) is 0 Å². The lowest BCUT2D eigenvalue weighted by atomic mass is 9.99. The van der Waals surface area contributed by atoms with E-state index in [1.807, 2.05) is 12.1 Å².